The van der Waals surface area contributed by atoms with Crippen molar-refractivity contribution in [2.45, 2.75) is 25.7 Å². The minimum atomic E-state index is -0.488. The van der Waals surface area contributed by atoms with E-state index in [1.807, 2.05) is 0 Å². The van der Waals surface area contributed by atoms with Crippen LogP contribution in [-0.2, 0) is 9.59 Å². The van der Waals surface area contributed by atoms with Gasteiger partial charge in [0.15, 0.2) is 0 Å². The van der Waals surface area contributed by atoms with Crippen molar-refractivity contribution < 1.29 is 14.0 Å². The highest BCUT2D eigenvalue weighted by Crippen LogP contribution is 2.24. The number of para-hydroxylation sites is 1. The summed E-state index contributed by atoms with van der Waals surface area (Å²) >= 11 is 0. The van der Waals surface area contributed by atoms with Crippen molar-refractivity contribution in [2.75, 3.05) is 11.9 Å². The molecule has 5 heteroatoms. The molecule has 1 aromatic rings. The molecule has 1 aromatic carbocycles. The van der Waals surface area contributed by atoms with Gasteiger partial charge in [0, 0.05) is 5.92 Å². The van der Waals surface area contributed by atoms with E-state index in [0.29, 0.717) is 0 Å². The smallest absolute Gasteiger partial charge is 0.243 e. The Balaban J connectivity index is 1.78. The molecule has 0 radical (unpaired) electrons. The third-order valence-electron chi connectivity index (χ3n) is 3.30. The zero-order chi connectivity index (χ0) is 13.7. The molecular formula is C14H17FN2O2. The van der Waals surface area contributed by atoms with Crippen LogP contribution in [0.3, 0.4) is 0 Å². The lowest BCUT2D eigenvalue weighted by Crippen LogP contribution is -2.36. The second-order valence-corrected chi connectivity index (χ2v) is 4.73. The van der Waals surface area contributed by atoms with E-state index >= 15 is 0 Å². The van der Waals surface area contributed by atoms with Gasteiger partial charge in [-0.15, -0.1) is 0 Å². The Morgan fingerprint density at radius 1 is 1.21 bits per heavy atom. The van der Waals surface area contributed by atoms with E-state index in [9.17, 15) is 14.0 Å². The van der Waals surface area contributed by atoms with Gasteiger partial charge in [-0.05, 0) is 25.0 Å². The van der Waals surface area contributed by atoms with Crippen LogP contribution < -0.4 is 10.6 Å². The average Bonchev–Trinajstić information content (AvgIpc) is 2.93. The number of nitrogens with one attached hydrogen (secondary N) is 2. The first-order chi connectivity index (χ1) is 9.16. The van der Waals surface area contributed by atoms with Crippen LogP contribution in [-0.4, -0.2) is 18.4 Å². The molecule has 1 aliphatic carbocycles. The molecule has 1 aliphatic rings. The normalized spacial score (nSPS) is 15.2. The first kappa shape index (κ1) is 13.5. The van der Waals surface area contributed by atoms with Gasteiger partial charge in [-0.2, -0.15) is 0 Å². The molecule has 0 aliphatic heterocycles. The van der Waals surface area contributed by atoms with E-state index in [4.69, 9.17) is 0 Å². The number of benzene rings is 1. The molecule has 2 amide bonds. The fraction of sp³-hybridized carbons (Fsp3) is 0.429. The predicted molar refractivity (Wildman–Crippen MR) is 70.0 cm³/mol. The second-order valence-electron chi connectivity index (χ2n) is 4.73. The van der Waals surface area contributed by atoms with E-state index < -0.39 is 11.7 Å². The van der Waals surface area contributed by atoms with Gasteiger partial charge < -0.3 is 10.6 Å². The van der Waals surface area contributed by atoms with Gasteiger partial charge in [0.25, 0.3) is 0 Å². The minimum absolute atomic E-state index is 0.0289. The lowest BCUT2D eigenvalue weighted by molar-refractivity contribution is -0.127. The molecule has 0 spiro atoms. The van der Waals surface area contributed by atoms with Gasteiger partial charge in [0.1, 0.15) is 5.82 Å². The summed E-state index contributed by atoms with van der Waals surface area (Å²) in [4.78, 5) is 23.3. The summed E-state index contributed by atoms with van der Waals surface area (Å²) in [6.45, 7) is -0.121. The van der Waals surface area contributed by atoms with Gasteiger partial charge in [0.05, 0.1) is 12.2 Å². The number of anilines is 1. The molecule has 0 bridgehead atoms. The molecule has 2 rings (SSSR count). The first-order valence-corrected chi connectivity index (χ1v) is 6.49. The van der Waals surface area contributed by atoms with Gasteiger partial charge in [-0.3, -0.25) is 9.59 Å². The van der Waals surface area contributed by atoms with Gasteiger partial charge in [-0.25, -0.2) is 4.39 Å². The Hall–Kier alpha value is -1.91. The Morgan fingerprint density at radius 2 is 1.89 bits per heavy atom. The summed E-state index contributed by atoms with van der Waals surface area (Å²) in [5.74, 6) is -0.961. The molecule has 0 atom stereocenters. The van der Waals surface area contributed by atoms with Crippen LogP contribution in [0.5, 0.6) is 0 Å². The second kappa shape index (κ2) is 6.31. The van der Waals surface area contributed by atoms with E-state index in [1.54, 1.807) is 12.1 Å². The van der Waals surface area contributed by atoms with Crippen LogP contribution >= 0.6 is 0 Å². The van der Waals surface area contributed by atoms with Crippen molar-refractivity contribution in [1.29, 1.82) is 0 Å². The Kier molecular flexibility index (Phi) is 4.49. The van der Waals surface area contributed by atoms with E-state index in [2.05, 4.69) is 10.6 Å². The van der Waals surface area contributed by atoms with Crippen LogP contribution in [0.15, 0.2) is 24.3 Å². The zero-order valence-corrected chi connectivity index (χ0v) is 10.6. The molecular weight excluding hydrogens is 247 g/mol. The summed E-state index contributed by atoms with van der Waals surface area (Å²) < 4.78 is 13.3. The van der Waals surface area contributed by atoms with Crippen molar-refractivity contribution in [3.05, 3.63) is 30.1 Å². The molecule has 102 valence electrons. The first-order valence-electron chi connectivity index (χ1n) is 6.49. The van der Waals surface area contributed by atoms with E-state index in [1.165, 1.54) is 12.1 Å². The number of hydrogen-bond donors (Lipinski definition) is 2. The quantitative estimate of drug-likeness (QED) is 0.874. The average molecular weight is 264 g/mol. The summed E-state index contributed by atoms with van der Waals surface area (Å²) in [6.07, 6.45) is 3.92. The van der Waals surface area contributed by atoms with Crippen LogP contribution in [0.2, 0.25) is 0 Å². The van der Waals surface area contributed by atoms with Crippen molar-refractivity contribution >= 4 is 17.5 Å². The zero-order valence-electron chi connectivity index (χ0n) is 10.6. The third kappa shape index (κ3) is 3.77. The highest BCUT2D eigenvalue weighted by atomic mass is 19.1. The fourth-order valence-electron chi connectivity index (χ4n) is 2.26. The molecule has 0 saturated heterocycles. The van der Waals surface area contributed by atoms with Crippen LogP contribution in [0.25, 0.3) is 0 Å². The summed E-state index contributed by atoms with van der Waals surface area (Å²) in [5.41, 5.74) is 0.127. The molecule has 1 saturated carbocycles. The highest BCUT2D eigenvalue weighted by Gasteiger charge is 2.22. The lowest BCUT2D eigenvalue weighted by Gasteiger charge is -2.10. The monoisotopic (exact) mass is 264 g/mol. The number of carbonyl (C=O) groups excluding carboxylic acids is 2. The number of carbonyl (C=O) groups is 2. The number of halogens is 1. The van der Waals surface area contributed by atoms with E-state index in [0.717, 1.165) is 25.7 Å². The topological polar surface area (TPSA) is 58.2 Å². The summed E-state index contributed by atoms with van der Waals surface area (Å²) in [6, 6.07) is 5.93. The van der Waals surface area contributed by atoms with E-state index in [-0.39, 0.29) is 24.1 Å². The van der Waals surface area contributed by atoms with Crippen molar-refractivity contribution in [1.82, 2.24) is 5.32 Å². The maximum Gasteiger partial charge on any atom is 0.243 e. The van der Waals surface area contributed by atoms with Crippen LogP contribution in [0.4, 0.5) is 10.1 Å². The van der Waals surface area contributed by atoms with Gasteiger partial charge in [-0.1, -0.05) is 25.0 Å². The minimum Gasteiger partial charge on any atom is -0.347 e. The fourth-order valence-corrected chi connectivity index (χ4v) is 2.26. The molecule has 0 aromatic heterocycles. The molecule has 19 heavy (non-hydrogen) atoms. The number of amides is 2. The highest BCUT2D eigenvalue weighted by molar-refractivity contribution is 5.94. The summed E-state index contributed by atoms with van der Waals surface area (Å²) in [5, 5.41) is 5.02. The maximum absolute atomic E-state index is 13.3. The molecule has 4 nitrogen and oxygen atoms in total. The molecule has 2 N–H and O–H groups in total. The van der Waals surface area contributed by atoms with Gasteiger partial charge >= 0.3 is 0 Å². The van der Waals surface area contributed by atoms with Crippen LogP contribution in [0, 0.1) is 11.7 Å². The predicted octanol–water partition coefficient (Wildman–Crippen LogP) is 2.07. The third-order valence-corrected chi connectivity index (χ3v) is 3.30. The Labute approximate surface area is 111 Å². The maximum atomic E-state index is 13.3. The SMILES string of the molecule is O=C(CNC(=O)C1CCCC1)Nc1ccccc1F. The van der Waals surface area contributed by atoms with Crippen molar-refractivity contribution in [3.8, 4) is 0 Å². The largest absolute Gasteiger partial charge is 0.347 e. The van der Waals surface area contributed by atoms with Gasteiger partial charge in [0.2, 0.25) is 11.8 Å². The Bertz CT molecular complexity index is 470. The molecule has 0 heterocycles. The molecule has 1 fully saturated rings. The number of rotatable bonds is 4. The summed E-state index contributed by atoms with van der Waals surface area (Å²) in [7, 11) is 0. The number of hydrogen-bond acceptors (Lipinski definition) is 2. The van der Waals surface area contributed by atoms with Crippen LogP contribution in [0.1, 0.15) is 25.7 Å². The molecule has 0 unspecified atom stereocenters. The Morgan fingerprint density at radius 3 is 2.58 bits per heavy atom. The van der Waals surface area contributed by atoms with Crippen molar-refractivity contribution in [2.24, 2.45) is 5.92 Å². The standard InChI is InChI=1S/C14H17FN2O2/c15-11-7-3-4-8-12(11)17-13(18)9-16-14(19)10-5-1-2-6-10/h3-4,7-8,10H,1-2,5-6,9H2,(H,16,19)(H,17,18). The van der Waals surface area contributed by atoms with Crippen molar-refractivity contribution in [3.63, 3.8) is 0 Å². The lowest BCUT2D eigenvalue weighted by atomic mass is 10.1.